The van der Waals surface area contributed by atoms with Gasteiger partial charge in [-0.2, -0.15) is 0 Å². The molecule has 2 aromatic carbocycles. The second-order valence-electron chi connectivity index (χ2n) is 5.95. The summed E-state index contributed by atoms with van der Waals surface area (Å²) < 4.78 is 15.4. The number of esters is 1. The van der Waals surface area contributed by atoms with E-state index in [1.165, 1.54) is 7.11 Å². The van der Waals surface area contributed by atoms with E-state index in [-0.39, 0.29) is 18.9 Å². The largest absolute Gasteiger partial charge is 0.493 e. The van der Waals surface area contributed by atoms with Crippen molar-refractivity contribution in [3.05, 3.63) is 53.1 Å². The lowest BCUT2D eigenvalue weighted by Crippen LogP contribution is -2.21. The number of ether oxygens (including phenoxy) is 3. The van der Waals surface area contributed by atoms with Gasteiger partial charge >= 0.3 is 5.97 Å². The van der Waals surface area contributed by atoms with E-state index in [1.54, 1.807) is 25.3 Å². The Labute approximate surface area is 153 Å². The van der Waals surface area contributed by atoms with Crippen LogP contribution in [0.25, 0.3) is 0 Å². The van der Waals surface area contributed by atoms with Crippen molar-refractivity contribution in [3.63, 3.8) is 0 Å². The number of aryl methyl sites for hydroxylation is 2. The summed E-state index contributed by atoms with van der Waals surface area (Å²) in [7, 11) is 3.07. The number of methoxy groups -OCH3 is 2. The number of anilines is 1. The monoisotopic (exact) mass is 357 g/mol. The van der Waals surface area contributed by atoms with Gasteiger partial charge in [0.2, 0.25) is 0 Å². The maximum atomic E-state index is 12.0. The zero-order chi connectivity index (χ0) is 19.1. The fourth-order valence-corrected chi connectivity index (χ4v) is 2.60. The molecule has 0 bridgehead atoms. The third-order valence-corrected chi connectivity index (χ3v) is 3.67. The zero-order valence-corrected chi connectivity index (χ0v) is 15.4. The number of carbonyl (C=O) groups excluding carboxylic acids is 2. The van der Waals surface area contributed by atoms with Crippen LogP contribution in [0, 0.1) is 13.8 Å². The van der Waals surface area contributed by atoms with E-state index in [4.69, 9.17) is 14.2 Å². The average Bonchev–Trinajstić information content (AvgIpc) is 2.59. The fraction of sp³-hybridized carbons (Fsp3) is 0.300. The van der Waals surface area contributed by atoms with Gasteiger partial charge in [-0.3, -0.25) is 9.59 Å². The predicted octanol–water partition coefficient (Wildman–Crippen LogP) is 3.05. The van der Waals surface area contributed by atoms with Gasteiger partial charge in [0.15, 0.2) is 18.1 Å². The van der Waals surface area contributed by atoms with Crippen LogP contribution >= 0.6 is 0 Å². The van der Waals surface area contributed by atoms with Crippen molar-refractivity contribution in [3.8, 4) is 11.5 Å². The van der Waals surface area contributed by atoms with Crippen molar-refractivity contribution in [1.29, 1.82) is 0 Å². The van der Waals surface area contributed by atoms with Gasteiger partial charge in [-0.15, -0.1) is 0 Å². The number of rotatable bonds is 7. The van der Waals surface area contributed by atoms with Crippen molar-refractivity contribution in [2.45, 2.75) is 20.3 Å². The number of carbonyl (C=O) groups is 2. The number of benzene rings is 2. The summed E-state index contributed by atoms with van der Waals surface area (Å²) in [5.41, 5.74) is 3.49. The standard InChI is InChI=1S/C20H23NO5/c1-13-7-14(2)9-16(8-13)21-19(22)12-26-20(23)11-15-5-6-17(24-3)18(10-15)25-4/h5-10H,11-12H2,1-4H3,(H,21,22). The van der Waals surface area contributed by atoms with Crippen molar-refractivity contribution in [2.75, 3.05) is 26.1 Å². The molecule has 26 heavy (non-hydrogen) atoms. The van der Waals surface area contributed by atoms with Gasteiger partial charge in [-0.1, -0.05) is 12.1 Å². The van der Waals surface area contributed by atoms with Gasteiger partial charge in [-0.25, -0.2) is 0 Å². The van der Waals surface area contributed by atoms with Gasteiger partial charge in [0, 0.05) is 5.69 Å². The van der Waals surface area contributed by atoms with Gasteiger partial charge in [0.25, 0.3) is 5.91 Å². The van der Waals surface area contributed by atoms with E-state index in [2.05, 4.69) is 5.32 Å². The fourth-order valence-electron chi connectivity index (χ4n) is 2.60. The highest BCUT2D eigenvalue weighted by atomic mass is 16.5. The lowest BCUT2D eigenvalue weighted by Gasteiger charge is -2.10. The SMILES string of the molecule is COc1ccc(CC(=O)OCC(=O)Nc2cc(C)cc(C)c2)cc1OC. The Kier molecular flexibility index (Phi) is 6.60. The quantitative estimate of drug-likeness (QED) is 0.771. The first-order chi connectivity index (χ1) is 12.4. The molecular weight excluding hydrogens is 334 g/mol. The number of amides is 1. The van der Waals surface area contributed by atoms with E-state index in [0.717, 1.165) is 11.1 Å². The predicted molar refractivity (Wildman–Crippen MR) is 98.8 cm³/mol. The molecule has 138 valence electrons. The lowest BCUT2D eigenvalue weighted by atomic mass is 10.1. The number of hydrogen-bond donors (Lipinski definition) is 1. The Morgan fingerprint density at radius 1 is 0.923 bits per heavy atom. The minimum Gasteiger partial charge on any atom is -0.493 e. The van der Waals surface area contributed by atoms with Gasteiger partial charge in [-0.05, 0) is 54.8 Å². The molecule has 6 nitrogen and oxygen atoms in total. The molecular formula is C20H23NO5. The van der Waals surface area contributed by atoms with Crippen LogP contribution in [0.2, 0.25) is 0 Å². The highest BCUT2D eigenvalue weighted by Crippen LogP contribution is 2.27. The summed E-state index contributed by atoms with van der Waals surface area (Å²) in [6, 6.07) is 10.9. The van der Waals surface area contributed by atoms with Crippen LogP contribution in [0.3, 0.4) is 0 Å². The van der Waals surface area contributed by atoms with Crippen LogP contribution < -0.4 is 14.8 Å². The maximum Gasteiger partial charge on any atom is 0.310 e. The van der Waals surface area contributed by atoms with Crippen molar-refractivity contribution in [1.82, 2.24) is 0 Å². The molecule has 0 heterocycles. The molecule has 0 fully saturated rings. The molecule has 0 saturated carbocycles. The molecule has 0 saturated heterocycles. The molecule has 0 aliphatic rings. The first kappa shape index (κ1) is 19.3. The number of nitrogens with one attached hydrogen (secondary N) is 1. The minimum atomic E-state index is -0.493. The van der Waals surface area contributed by atoms with Gasteiger partial charge in [0.05, 0.1) is 20.6 Å². The molecule has 0 radical (unpaired) electrons. The van der Waals surface area contributed by atoms with Crippen molar-refractivity contribution >= 4 is 17.6 Å². The maximum absolute atomic E-state index is 12.0. The Morgan fingerprint density at radius 3 is 2.19 bits per heavy atom. The third-order valence-electron chi connectivity index (χ3n) is 3.67. The zero-order valence-electron chi connectivity index (χ0n) is 15.4. The first-order valence-corrected chi connectivity index (χ1v) is 8.16. The molecule has 1 amide bonds. The third kappa shape index (κ3) is 5.51. The summed E-state index contributed by atoms with van der Waals surface area (Å²) in [4.78, 5) is 23.9. The average molecular weight is 357 g/mol. The summed E-state index contributed by atoms with van der Waals surface area (Å²) in [6.07, 6.45) is 0.0389. The van der Waals surface area contributed by atoms with Crippen LogP contribution in [0.1, 0.15) is 16.7 Å². The molecule has 0 aliphatic carbocycles. The second kappa shape index (κ2) is 8.89. The Morgan fingerprint density at radius 2 is 1.58 bits per heavy atom. The van der Waals surface area contributed by atoms with E-state index in [0.29, 0.717) is 22.7 Å². The smallest absolute Gasteiger partial charge is 0.310 e. The van der Waals surface area contributed by atoms with Gasteiger partial charge in [0.1, 0.15) is 0 Å². The lowest BCUT2D eigenvalue weighted by molar-refractivity contribution is -0.146. The summed E-state index contributed by atoms with van der Waals surface area (Å²) in [5, 5.41) is 2.72. The van der Waals surface area contributed by atoms with Crippen molar-refractivity contribution in [2.24, 2.45) is 0 Å². The highest BCUT2D eigenvalue weighted by molar-refractivity contribution is 5.93. The van der Waals surface area contributed by atoms with Crippen LogP contribution in [0.5, 0.6) is 11.5 Å². The van der Waals surface area contributed by atoms with Crippen molar-refractivity contribution < 1.29 is 23.8 Å². The number of hydrogen-bond acceptors (Lipinski definition) is 5. The molecule has 6 heteroatoms. The van der Waals surface area contributed by atoms with E-state index in [1.807, 2.05) is 32.0 Å². The van der Waals surface area contributed by atoms with Crippen LogP contribution in [-0.2, 0) is 20.7 Å². The molecule has 0 unspecified atom stereocenters. The molecule has 0 aromatic heterocycles. The van der Waals surface area contributed by atoms with E-state index < -0.39 is 5.97 Å². The summed E-state index contributed by atoms with van der Waals surface area (Å²) >= 11 is 0. The molecule has 2 rings (SSSR count). The highest BCUT2D eigenvalue weighted by Gasteiger charge is 2.11. The topological polar surface area (TPSA) is 73.9 Å². The van der Waals surface area contributed by atoms with Crippen LogP contribution in [0.4, 0.5) is 5.69 Å². The second-order valence-corrected chi connectivity index (χ2v) is 5.95. The van der Waals surface area contributed by atoms with Gasteiger partial charge < -0.3 is 19.5 Å². The van der Waals surface area contributed by atoms with Crippen LogP contribution in [0.15, 0.2) is 36.4 Å². The van der Waals surface area contributed by atoms with E-state index >= 15 is 0 Å². The first-order valence-electron chi connectivity index (χ1n) is 8.16. The van der Waals surface area contributed by atoms with Crippen LogP contribution in [-0.4, -0.2) is 32.7 Å². The summed E-state index contributed by atoms with van der Waals surface area (Å²) in [5.74, 6) is 0.242. The Hall–Kier alpha value is -3.02. The Balaban J connectivity index is 1.87. The summed E-state index contributed by atoms with van der Waals surface area (Å²) in [6.45, 7) is 3.57. The molecule has 0 spiro atoms. The Bertz CT molecular complexity index is 781. The minimum absolute atomic E-state index is 0.0389. The molecule has 1 N–H and O–H groups in total. The normalized spacial score (nSPS) is 10.2. The molecule has 0 aliphatic heterocycles. The molecule has 0 atom stereocenters. The van der Waals surface area contributed by atoms with E-state index in [9.17, 15) is 9.59 Å². The molecule has 2 aromatic rings.